The molecule has 0 aliphatic heterocycles. The van der Waals surface area contributed by atoms with Crippen LogP contribution in [0.15, 0.2) is 0 Å². The minimum Gasteiger partial charge on any atom is -0.317 e. The van der Waals surface area contributed by atoms with Gasteiger partial charge in [-0.25, -0.2) is 43.9 Å². The second kappa shape index (κ2) is 11.9. The predicted molar refractivity (Wildman–Crippen MR) is 94.1 cm³/mol. The maximum absolute atomic E-state index is 13.4. The molecule has 2 aromatic carbocycles. The Morgan fingerprint density at radius 1 is 0.419 bits per heavy atom. The van der Waals surface area contributed by atoms with Crippen LogP contribution in [0.1, 0.15) is 39.5 Å². The third kappa shape index (κ3) is 5.90. The highest BCUT2D eigenvalue weighted by Crippen LogP contribution is 2.37. The van der Waals surface area contributed by atoms with Crippen LogP contribution in [0.4, 0.5) is 43.9 Å². The molecule has 0 fully saturated rings. The Morgan fingerprint density at radius 2 is 0.645 bits per heavy atom. The number of halogens is 10. The van der Waals surface area contributed by atoms with Gasteiger partial charge in [0.25, 0.3) is 0 Å². The van der Waals surface area contributed by atoms with Crippen LogP contribution in [0.2, 0.25) is 0 Å². The van der Waals surface area contributed by atoms with Crippen LogP contribution in [-0.4, -0.2) is 13.1 Å². The molecule has 0 atom stereocenters. The molecule has 0 bridgehead atoms. The largest absolute Gasteiger partial charge is 0.317 e. The molecule has 1 nitrogen and oxygen atoms in total. The summed E-state index contributed by atoms with van der Waals surface area (Å²) in [6.07, 6.45) is 5.26. The van der Waals surface area contributed by atoms with E-state index in [0.29, 0.717) is 0 Å². The van der Waals surface area contributed by atoms with E-state index in [1.165, 1.54) is 38.8 Å². The number of hydrogen-bond acceptors (Lipinski definition) is 1. The molecule has 0 saturated carbocycles. The number of rotatable bonds is 7. The molecule has 0 saturated heterocycles. The first-order valence-electron chi connectivity index (χ1n) is 9.26. The van der Waals surface area contributed by atoms with Crippen LogP contribution in [0, 0.1) is 58.2 Å². The third-order valence-electron chi connectivity index (χ3n) is 4.08. The van der Waals surface area contributed by atoms with Crippen molar-refractivity contribution in [1.29, 1.82) is 0 Å². The van der Waals surface area contributed by atoms with Gasteiger partial charge < -0.3 is 5.32 Å². The summed E-state index contributed by atoms with van der Waals surface area (Å²) < 4.78 is 131. The molecule has 0 spiro atoms. The number of nitrogens with one attached hydrogen (secondary N) is 1. The maximum Gasteiger partial charge on any atom is 0.200 e. The zero-order chi connectivity index (χ0) is 23.9. The van der Waals surface area contributed by atoms with Gasteiger partial charge in [-0.05, 0) is 25.9 Å². The number of hydrogen-bond donors (Lipinski definition) is 1. The number of unbranched alkanes of at least 4 members (excludes halogenated alkanes) is 2. The molecular formula is C20H19F10N. The van der Waals surface area contributed by atoms with Gasteiger partial charge in [0.15, 0.2) is 46.5 Å². The highest BCUT2D eigenvalue weighted by molar-refractivity contribution is 5.67. The first kappa shape index (κ1) is 26.7. The van der Waals surface area contributed by atoms with Crippen LogP contribution >= 0.6 is 0 Å². The molecule has 2 rings (SSSR count). The molecule has 174 valence electrons. The van der Waals surface area contributed by atoms with Gasteiger partial charge in [-0.15, -0.1) is 0 Å². The zero-order valence-electron chi connectivity index (χ0n) is 16.5. The molecular weight excluding hydrogens is 444 g/mol. The molecule has 0 amide bonds. The first-order chi connectivity index (χ1) is 14.5. The van der Waals surface area contributed by atoms with Crippen molar-refractivity contribution in [2.75, 3.05) is 13.1 Å². The fraction of sp³-hybridized carbons (Fsp3) is 0.400. The molecule has 0 aromatic heterocycles. The van der Waals surface area contributed by atoms with Crippen LogP contribution in [0.25, 0.3) is 11.1 Å². The van der Waals surface area contributed by atoms with E-state index in [1.807, 2.05) is 0 Å². The van der Waals surface area contributed by atoms with Crippen molar-refractivity contribution in [2.24, 2.45) is 0 Å². The van der Waals surface area contributed by atoms with Gasteiger partial charge in [-0.3, -0.25) is 0 Å². The summed E-state index contributed by atoms with van der Waals surface area (Å²) in [6, 6.07) is 0. The van der Waals surface area contributed by atoms with E-state index in [0.717, 1.165) is 0 Å². The highest BCUT2D eigenvalue weighted by Gasteiger charge is 2.34. The minimum absolute atomic E-state index is 1.20. The SMILES string of the molecule is CCCCNCCCC.Fc1c(F)c(F)c(-c2c(F)c(F)c(F)c(F)c2F)c(F)c1F. The second-order valence-corrected chi connectivity index (χ2v) is 6.35. The molecule has 0 aliphatic rings. The fourth-order valence-corrected chi connectivity index (χ4v) is 2.38. The Kier molecular flexibility index (Phi) is 10.3. The predicted octanol–water partition coefficient (Wildman–Crippen LogP) is 6.92. The Bertz CT molecular complexity index is 782. The molecule has 2 aromatic rings. The summed E-state index contributed by atoms with van der Waals surface area (Å²) in [4.78, 5) is 0. The standard InChI is InChI=1S/C12F10.C8H19N/c13-3-1(4(14)8(18)11(21)7(3)17)2-5(15)9(19)12(22)10(20)6(2)16;1-3-5-7-9-8-6-4-2/h;9H,3-8H2,1-2H3. The van der Waals surface area contributed by atoms with Crippen LogP contribution < -0.4 is 5.32 Å². The Balaban J connectivity index is 0.000000452. The van der Waals surface area contributed by atoms with E-state index < -0.39 is 69.3 Å². The van der Waals surface area contributed by atoms with E-state index in [9.17, 15) is 43.9 Å². The summed E-state index contributed by atoms with van der Waals surface area (Å²) in [5, 5.41) is 3.39. The third-order valence-corrected chi connectivity index (χ3v) is 4.08. The summed E-state index contributed by atoms with van der Waals surface area (Å²) in [6.45, 7) is 6.86. The Labute approximate surface area is 172 Å². The minimum atomic E-state index is -2.68. The quantitative estimate of drug-likeness (QED) is 0.203. The van der Waals surface area contributed by atoms with Gasteiger partial charge in [0.2, 0.25) is 11.6 Å². The second-order valence-electron chi connectivity index (χ2n) is 6.35. The fourth-order valence-electron chi connectivity index (χ4n) is 2.38. The van der Waals surface area contributed by atoms with Crippen molar-refractivity contribution < 1.29 is 43.9 Å². The molecule has 0 heterocycles. The monoisotopic (exact) mass is 463 g/mol. The van der Waals surface area contributed by atoms with Crippen LogP contribution in [0.3, 0.4) is 0 Å². The van der Waals surface area contributed by atoms with E-state index in [1.54, 1.807) is 0 Å². The van der Waals surface area contributed by atoms with Gasteiger partial charge in [0.05, 0.1) is 11.1 Å². The molecule has 0 aliphatic carbocycles. The lowest BCUT2D eigenvalue weighted by atomic mass is 10.0. The van der Waals surface area contributed by atoms with E-state index in [2.05, 4.69) is 19.2 Å². The highest BCUT2D eigenvalue weighted by atomic mass is 19.2. The lowest BCUT2D eigenvalue weighted by Crippen LogP contribution is -2.15. The van der Waals surface area contributed by atoms with Crippen molar-refractivity contribution in [3.8, 4) is 11.1 Å². The molecule has 11 heteroatoms. The molecule has 31 heavy (non-hydrogen) atoms. The van der Waals surface area contributed by atoms with Crippen LogP contribution in [0.5, 0.6) is 0 Å². The average Bonchev–Trinajstić information content (AvgIpc) is 2.76. The summed E-state index contributed by atoms with van der Waals surface area (Å²) in [7, 11) is 0. The van der Waals surface area contributed by atoms with Gasteiger partial charge in [-0.2, -0.15) is 0 Å². The van der Waals surface area contributed by atoms with Crippen LogP contribution in [-0.2, 0) is 0 Å². The summed E-state index contributed by atoms with van der Waals surface area (Å²) in [5.74, 6) is -26.6. The number of benzene rings is 2. The topological polar surface area (TPSA) is 12.0 Å². The molecule has 1 N–H and O–H groups in total. The maximum atomic E-state index is 13.4. The Morgan fingerprint density at radius 3 is 0.871 bits per heavy atom. The average molecular weight is 463 g/mol. The van der Waals surface area contributed by atoms with Gasteiger partial charge in [0.1, 0.15) is 0 Å². The van der Waals surface area contributed by atoms with Crippen molar-refractivity contribution in [2.45, 2.75) is 39.5 Å². The van der Waals surface area contributed by atoms with Crippen molar-refractivity contribution in [3.05, 3.63) is 58.2 Å². The summed E-state index contributed by atoms with van der Waals surface area (Å²) in [5.41, 5.74) is -4.52. The smallest absolute Gasteiger partial charge is 0.200 e. The van der Waals surface area contributed by atoms with Gasteiger partial charge in [-0.1, -0.05) is 26.7 Å². The molecule has 0 unspecified atom stereocenters. The van der Waals surface area contributed by atoms with Crippen molar-refractivity contribution in [3.63, 3.8) is 0 Å². The molecule has 0 radical (unpaired) electrons. The van der Waals surface area contributed by atoms with Gasteiger partial charge >= 0.3 is 0 Å². The zero-order valence-corrected chi connectivity index (χ0v) is 16.5. The van der Waals surface area contributed by atoms with E-state index in [4.69, 9.17) is 0 Å². The normalized spacial score (nSPS) is 10.8. The lowest BCUT2D eigenvalue weighted by molar-refractivity contribution is 0.370. The van der Waals surface area contributed by atoms with Crippen molar-refractivity contribution >= 4 is 0 Å². The Hall–Kier alpha value is -2.30. The van der Waals surface area contributed by atoms with E-state index >= 15 is 0 Å². The van der Waals surface area contributed by atoms with Gasteiger partial charge in [0, 0.05) is 0 Å². The summed E-state index contributed by atoms with van der Waals surface area (Å²) >= 11 is 0. The lowest BCUT2D eigenvalue weighted by Gasteiger charge is -2.11. The first-order valence-corrected chi connectivity index (χ1v) is 9.26. The van der Waals surface area contributed by atoms with E-state index in [-0.39, 0.29) is 0 Å². The van der Waals surface area contributed by atoms with Crippen molar-refractivity contribution in [1.82, 2.24) is 5.32 Å².